The second-order valence-corrected chi connectivity index (χ2v) is 6.20. The van der Waals surface area contributed by atoms with Gasteiger partial charge < -0.3 is 10.0 Å². The van der Waals surface area contributed by atoms with Crippen LogP contribution in [0, 0.1) is 0 Å². The molecule has 7 heteroatoms. The average molecular weight is 339 g/mol. The van der Waals surface area contributed by atoms with E-state index in [9.17, 15) is 9.18 Å². The summed E-state index contributed by atoms with van der Waals surface area (Å²) in [6.07, 6.45) is 6.93. The summed E-state index contributed by atoms with van der Waals surface area (Å²) < 4.78 is 13.0. The molecular weight excluding hydrogens is 317 g/mol. The number of allylic oxidation sites excluding steroid dienone is 5. The minimum absolute atomic E-state index is 0.113. The fourth-order valence-electron chi connectivity index (χ4n) is 1.72. The van der Waals surface area contributed by atoms with Crippen LogP contribution in [0.3, 0.4) is 0 Å². The average Bonchev–Trinajstić information content (AvgIpc) is 2.92. The lowest BCUT2D eigenvalue weighted by atomic mass is 10.1. The number of rotatable bonds is 7. The van der Waals surface area contributed by atoms with Crippen molar-refractivity contribution in [3.8, 4) is 0 Å². The van der Waals surface area contributed by atoms with Crippen molar-refractivity contribution in [3.63, 3.8) is 0 Å². The molecule has 126 valence electrons. The standard InChI is InChI=1S/C16H22FN3O2S/c1-5-6-13(7-11(2)17)8-14-9-18-15(23-14)19-16(22)20(4)12(3)10-21/h5-7,9,12,21H,1,8,10H2,2-4H3,(H,18,19,22)/b11-7+,13-6+. The SMILES string of the molecule is C=C/C=C(\C=C(/C)F)Cc1cnc(NC(=O)N(C)C(C)CO)s1. The highest BCUT2D eigenvalue weighted by Gasteiger charge is 2.16. The molecule has 23 heavy (non-hydrogen) atoms. The van der Waals surface area contributed by atoms with Gasteiger partial charge in [-0.1, -0.05) is 18.7 Å². The Hall–Kier alpha value is -1.99. The van der Waals surface area contributed by atoms with Crippen LogP contribution in [0.1, 0.15) is 18.7 Å². The zero-order chi connectivity index (χ0) is 17.4. The number of nitrogens with one attached hydrogen (secondary N) is 1. The Morgan fingerprint density at radius 1 is 1.65 bits per heavy atom. The molecule has 0 aliphatic rings. The lowest BCUT2D eigenvalue weighted by Gasteiger charge is -2.22. The van der Waals surface area contributed by atoms with Crippen LogP contribution in [0.5, 0.6) is 0 Å². The Morgan fingerprint density at radius 2 is 2.35 bits per heavy atom. The Morgan fingerprint density at radius 3 is 2.91 bits per heavy atom. The van der Waals surface area contributed by atoms with Crippen LogP contribution in [0.25, 0.3) is 0 Å². The minimum atomic E-state index is -0.339. The van der Waals surface area contributed by atoms with Crippen molar-refractivity contribution in [1.82, 2.24) is 9.88 Å². The number of hydrogen-bond donors (Lipinski definition) is 2. The van der Waals surface area contributed by atoms with E-state index in [0.717, 1.165) is 10.5 Å². The molecule has 1 aromatic heterocycles. The van der Waals surface area contributed by atoms with Crippen molar-refractivity contribution >= 4 is 22.5 Å². The normalized spacial score (nSPS) is 13.6. The van der Waals surface area contributed by atoms with Crippen molar-refractivity contribution in [2.24, 2.45) is 0 Å². The minimum Gasteiger partial charge on any atom is -0.394 e. The summed E-state index contributed by atoms with van der Waals surface area (Å²) in [6, 6.07) is -0.622. The highest BCUT2D eigenvalue weighted by molar-refractivity contribution is 7.15. The molecule has 0 aliphatic heterocycles. The number of anilines is 1. The highest BCUT2D eigenvalue weighted by Crippen LogP contribution is 2.22. The van der Waals surface area contributed by atoms with Gasteiger partial charge >= 0.3 is 6.03 Å². The van der Waals surface area contributed by atoms with E-state index in [-0.39, 0.29) is 24.5 Å². The molecule has 0 fully saturated rings. The summed E-state index contributed by atoms with van der Waals surface area (Å²) in [6.45, 7) is 6.62. The van der Waals surface area contributed by atoms with Crippen molar-refractivity contribution in [3.05, 3.63) is 47.3 Å². The molecular formula is C16H22FN3O2S. The molecule has 0 spiro atoms. The van der Waals surface area contributed by atoms with Crippen LogP contribution in [0.15, 0.2) is 42.4 Å². The van der Waals surface area contributed by atoms with Gasteiger partial charge in [-0.15, -0.1) is 11.3 Å². The maximum absolute atomic E-state index is 13.0. The molecule has 1 aromatic rings. The summed E-state index contributed by atoms with van der Waals surface area (Å²) in [5.41, 5.74) is 0.771. The molecule has 0 bridgehead atoms. The highest BCUT2D eigenvalue weighted by atomic mass is 32.1. The monoisotopic (exact) mass is 339 g/mol. The van der Waals surface area contributed by atoms with Crippen LogP contribution < -0.4 is 5.32 Å². The van der Waals surface area contributed by atoms with Crippen LogP contribution in [-0.4, -0.2) is 40.7 Å². The fourth-order valence-corrected chi connectivity index (χ4v) is 2.55. The van der Waals surface area contributed by atoms with Crippen molar-refractivity contribution in [2.75, 3.05) is 19.0 Å². The first-order chi connectivity index (χ1) is 10.9. The predicted molar refractivity (Wildman–Crippen MR) is 92.3 cm³/mol. The van der Waals surface area contributed by atoms with E-state index in [1.54, 1.807) is 32.3 Å². The molecule has 5 nitrogen and oxygen atoms in total. The first kappa shape index (κ1) is 19.1. The number of thiazole rings is 1. The van der Waals surface area contributed by atoms with Gasteiger partial charge in [0.05, 0.1) is 18.5 Å². The molecule has 1 unspecified atom stereocenters. The molecule has 1 heterocycles. The molecule has 2 amide bonds. The molecule has 0 saturated carbocycles. The number of aliphatic hydroxyl groups is 1. The second-order valence-electron chi connectivity index (χ2n) is 5.09. The fraction of sp³-hybridized carbons (Fsp3) is 0.375. The topological polar surface area (TPSA) is 65.5 Å². The van der Waals surface area contributed by atoms with Gasteiger partial charge in [-0.2, -0.15) is 0 Å². The number of halogens is 1. The number of likely N-dealkylation sites (N-methyl/N-ethyl adjacent to an activating group) is 1. The van der Waals surface area contributed by atoms with E-state index in [2.05, 4.69) is 16.9 Å². The predicted octanol–water partition coefficient (Wildman–Crippen LogP) is 3.52. The summed E-state index contributed by atoms with van der Waals surface area (Å²) in [7, 11) is 1.60. The summed E-state index contributed by atoms with van der Waals surface area (Å²) >= 11 is 1.32. The van der Waals surface area contributed by atoms with E-state index < -0.39 is 0 Å². The summed E-state index contributed by atoms with van der Waals surface area (Å²) in [5, 5.41) is 12.2. The van der Waals surface area contributed by atoms with Gasteiger partial charge in [0.2, 0.25) is 0 Å². The number of urea groups is 1. The van der Waals surface area contributed by atoms with E-state index >= 15 is 0 Å². The van der Waals surface area contributed by atoms with E-state index in [1.807, 2.05) is 0 Å². The van der Waals surface area contributed by atoms with E-state index in [4.69, 9.17) is 5.11 Å². The van der Waals surface area contributed by atoms with Gasteiger partial charge in [0.15, 0.2) is 5.13 Å². The number of aromatic nitrogens is 1. The van der Waals surface area contributed by atoms with Crippen LogP contribution in [0.2, 0.25) is 0 Å². The molecule has 0 aliphatic carbocycles. The maximum atomic E-state index is 13.0. The Balaban J connectivity index is 2.74. The largest absolute Gasteiger partial charge is 0.394 e. The zero-order valence-corrected chi connectivity index (χ0v) is 14.4. The third kappa shape index (κ3) is 6.33. The lowest BCUT2D eigenvalue weighted by molar-refractivity contribution is 0.166. The molecule has 0 aromatic carbocycles. The van der Waals surface area contributed by atoms with Crippen molar-refractivity contribution in [1.29, 1.82) is 0 Å². The maximum Gasteiger partial charge on any atom is 0.323 e. The number of carbonyl (C=O) groups is 1. The van der Waals surface area contributed by atoms with Crippen LogP contribution in [-0.2, 0) is 6.42 Å². The van der Waals surface area contributed by atoms with E-state index in [0.29, 0.717) is 11.6 Å². The lowest BCUT2D eigenvalue weighted by Crippen LogP contribution is -2.40. The van der Waals surface area contributed by atoms with Gasteiger partial charge in [-0.3, -0.25) is 5.32 Å². The molecule has 1 atom stereocenters. The number of hydrogen-bond acceptors (Lipinski definition) is 4. The summed E-state index contributed by atoms with van der Waals surface area (Å²) in [4.78, 5) is 18.4. The van der Waals surface area contributed by atoms with Crippen molar-refractivity contribution < 1.29 is 14.3 Å². The molecule has 0 saturated heterocycles. The van der Waals surface area contributed by atoms with Crippen LogP contribution >= 0.6 is 11.3 Å². The van der Waals surface area contributed by atoms with Crippen molar-refractivity contribution in [2.45, 2.75) is 26.3 Å². The van der Waals surface area contributed by atoms with Gasteiger partial charge in [-0.05, 0) is 25.5 Å². The zero-order valence-electron chi connectivity index (χ0n) is 13.5. The molecule has 1 rings (SSSR count). The molecule has 2 N–H and O–H groups in total. The summed E-state index contributed by atoms with van der Waals surface area (Å²) in [5.74, 6) is -0.282. The van der Waals surface area contributed by atoms with Gasteiger partial charge in [-0.25, -0.2) is 14.2 Å². The number of amides is 2. The first-order valence-corrected chi connectivity index (χ1v) is 7.93. The Kier molecular flexibility index (Phi) is 7.64. The van der Waals surface area contributed by atoms with Gasteiger partial charge in [0, 0.05) is 24.5 Å². The Bertz CT molecular complexity index is 606. The third-order valence-corrected chi connectivity index (χ3v) is 4.02. The second kappa shape index (κ2) is 9.22. The third-order valence-electron chi connectivity index (χ3n) is 3.11. The quantitative estimate of drug-likeness (QED) is 0.747. The number of nitrogens with zero attached hydrogens (tertiary/aromatic N) is 2. The number of aliphatic hydroxyl groups excluding tert-OH is 1. The van der Waals surface area contributed by atoms with E-state index in [1.165, 1.54) is 29.2 Å². The number of carbonyl (C=O) groups excluding carboxylic acids is 1. The first-order valence-electron chi connectivity index (χ1n) is 7.12. The van der Waals surface area contributed by atoms with Gasteiger partial charge in [0.1, 0.15) is 0 Å². The molecule has 0 radical (unpaired) electrons. The van der Waals surface area contributed by atoms with Gasteiger partial charge in [0.25, 0.3) is 0 Å². The Labute approximate surface area is 139 Å². The smallest absolute Gasteiger partial charge is 0.323 e. The van der Waals surface area contributed by atoms with Crippen LogP contribution in [0.4, 0.5) is 14.3 Å².